The maximum Gasteiger partial charge on any atom is 0.152 e. The van der Waals surface area contributed by atoms with E-state index in [1.807, 2.05) is 31.2 Å². The highest BCUT2D eigenvalue weighted by Gasteiger charge is 2.12. The van der Waals surface area contributed by atoms with Gasteiger partial charge < -0.3 is 4.57 Å². The van der Waals surface area contributed by atoms with Crippen LogP contribution in [-0.2, 0) is 17.8 Å². The minimum atomic E-state index is 0.290. The molecule has 1 heterocycles. The molecule has 2 aromatic rings. The number of Topliss-reactive ketones (excluding diaryl/α,β-unsaturated/α-hetero) is 1. The molecule has 0 fully saturated rings. The molecular weight excluding hydrogens is 224 g/mol. The Bertz CT molecular complexity index is 542. The van der Waals surface area contributed by atoms with Crippen LogP contribution in [0.1, 0.15) is 38.9 Å². The Morgan fingerprint density at radius 3 is 2.72 bits per heavy atom. The quantitative estimate of drug-likeness (QED) is 0.781. The summed E-state index contributed by atoms with van der Waals surface area (Å²) in [5.41, 5.74) is 2.07. The molecular formula is C15H20N2O. The second kappa shape index (κ2) is 5.80. The van der Waals surface area contributed by atoms with Gasteiger partial charge in [-0.25, -0.2) is 4.98 Å². The average molecular weight is 244 g/mol. The van der Waals surface area contributed by atoms with Gasteiger partial charge in [-0.15, -0.1) is 0 Å². The summed E-state index contributed by atoms with van der Waals surface area (Å²) in [5.74, 6) is 1.32. The Balaban J connectivity index is 2.38. The summed E-state index contributed by atoms with van der Waals surface area (Å²) in [6.07, 6.45) is 3.53. The van der Waals surface area contributed by atoms with Crippen molar-refractivity contribution in [2.24, 2.45) is 0 Å². The number of ketones is 1. The first-order valence-corrected chi connectivity index (χ1v) is 6.72. The highest BCUT2D eigenvalue weighted by molar-refractivity contribution is 5.82. The van der Waals surface area contributed by atoms with Crippen molar-refractivity contribution in [2.75, 3.05) is 0 Å². The van der Waals surface area contributed by atoms with Crippen molar-refractivity contribution >= 4 is 16.8 Å². The van der Waals surface area contributed by atoms with Crippen molar-refractivity contribution in [3.63, 3.8) is 0 Å². The molecule has 2 rings (SSSR count). The summed E-state index contributed by atoms with van der Waals surface area (Å²) in [6.45, 7) is 4.64. The summed E-state index contributed by atoms with van der Waals surface area (Å²) in [7, 11) is 0. The van der Waals surface area contributed by atoms with Gasteiger partial charge in [-0.1, -0.05) is 26.0 Å². The van der Waals surface area contributed by atoms with Crippen molar-refractivity contribution in [2.45, 2.75) is 46.1 Å². The molecule has 0 atom stereocenters. The number of imidazole rings is 1. The molecule has 0 amide bonds. The third kappa shape index (κ3) is 2.61. The maximum absolute atomic E-state index is 11.9. The molecule has 18 heavy (non-hydrogen) atoms. The molecule has 0 aliphatic heterocycles. The topological polar surface area (TPSA) is 34.9 Å². The molecule has 0 radical (unpaired) electrons. The van der Waals surface area contributed by atoms with Gasteiger partial charge in [0.05, 0.1) is 17.6 Å². The van der Waals surface area contributed by atoms with Crippen LogP contribution in [0.5, 0.6) is 0 Å². The molecule has 0 aliphatic carbocycles. The molecule has 3 heteroatoms. The SMILES string of the molecule is CCCC(=O)Cn1c(CCC)nc2ccccc21. The van der Waals surface area contributed by atoms with Gasteiger partial charge in [-0.3, -0.25) is 4.79 Å². The molecule has 1 aromatic carbocycles. The van der Waals surface area contributed by atoms with Gasteiger partial charge >= 0.3 is 0 Å². The van der Waals surface area contributed by atoms with E-state index in [0.717, 1.165) is 36.1 Å². The van der Waals surface area contributed by atoms with E-state index >= 15 is 0 Å². The second-order valence-corrected chi connectivity index (χ2v) is 4.64. The summed E-state index contributed by atoms with van der Waals surface area (Å²) < 4.78 is 2.08. The molecule has 0 saturated heterocycles. The fraction of sp³-hybridized carbons (Fsp3) is 0.467. The highest BCUT2D eigenvalue weighted by atomic mass is 16.1. The first-order chi connectivity index (χ1) is 8.76. The standard InChI is InChI=1S/C15H20N2O/c1-3-7-12(18)11-17-14-10-6-5-9-13(14)16-15(17)8-4-2/h5-6,9-10H,3-4,7-8,11H2,1-2H3. The number of hydrogen-bond donors (Lipinski definition) is 0. The lowest BCUT2D eigenvalue weighted by Gasteiger charge is -2.07. The summed E-state index contributed by atoms with van der Waals surface area (Å²) >= 11 is 0. The average Bonchev–Trinajstić information content (AvgIpc) is 2.69. The number of para-hydroxylation sites is 2. The Morgan fingerprint density at radius 2 is 2.00 bits per heavy atom. The van der Waals surface area contributed by atoms with Crippen molar-refractivity contribution in [1.29, 1.82) is 0 Å². The molecule has 0 saturated carbocycles. The summed E-state index contributed by atoms with van der Waals surface area (Å²) in [5, 5.41) is 0. The number of hydrogen-bond acceptors (Lipinski definition) is 2. The van der Waals surface area contributed by atoms with Gasteiger partial charge in [-0.05, 0) is 25.0 Å². The van der Waals surface area contributed by atoms with E-state index in [9.17, 15) is 4.79 Å². The van der Waals surface area contributed by atoms with E-state index in [2.05, 4.69) is 16.5 Å². The van der Waals surface area contributed by atoms with Crippen LogP contribution < -0.4 is 0 Å². The van der Waals surface area contributed by atoms with Crippen molar-refractivity contribution in [3.8, 4) is 0 Å². The normalized spacial score (nSPS) is 11.0. The molecule has 0 aliphatic rings. The number of carbonyl (C=O) groups excluding carboxylic acids is 1. The zero-order valence-electron chi connectivity index (χ0n) is 11.1. The smallest absolute Gasteiger partial charge is 0.152 e. The van der Waals surface area contributed by atoms with E-state index in [1.54, 1.807) is 0 Å². The van der Waals surface area contributed by atoms with Gasteiger partial charge in [0.2, 0.25) is 0 Å². The first kappa shape index (κ1) is 12.8. The molecule has 3 nitrogen and oxygen atoms in total. The largest absolute Gasteiger partial charge is 0.320 e. The Hall–Kier alpha value is -1.64. The lowest BCUT2D eigenvalue weighted by Crippen LogP contribution is -2.12. The fourth-order valence-corrected chi connectivity index (χ4v) is 2.25. The van der Waals surface area contributed by atoms with Gasteiger partial charge in [0.1, 0.15) is 5.82 Å². The second-order valence-electron chi connectivity index (χ2n) is 4.64. The summed E-state index contributed by atoms with van der Waals surface area (Å²) in [6, 6.07) is 8.04. The molecule has 96 valence electrons. The minimum absolute atomic E-state index is 0.290. The van der Waals surface area contributed by atoms with E-state index in [-0.39, 0.29) is 5.78 Å². The van der Waals surface area contributed by atoms with Crippen LogP contribution in [0.3, 0.4) is 0 Å². The third-order valence-corrected chi connectivity index (χ3v) is 3.07. The number of aryl methyl sites for hydroxylation is 1. The maximum atomic E-state index is 11.9. The number of aromatic nitrogens is 2. The lowest BCUT2D eigenvalue weighted by molar-refractivity contribution is -0.119. The summed E-state index contributed by atoms with van der Waals surface area (Å²) in [4.78, 5) is 16.5. The molecule has 0 unspecified atom stereocenters. The minimum Gasteiger partial charge on any atom is -0.320 e. The number of fused-ring (bicyclic) bond motifs is 1. The lowest BCUT2D eigenvalue weighted by atomic mass is 10.2. The van der Waals surface area contributed by atoms with Crippen LogP contribution in [0, 0.1) is 0 Å². The number of carbonyl (C=O) groups is 1. The predicted molar refractivity (Wildman–Crippen MR) is 73.6 cm³/mol. The van der Waals surface area contributed by atoms with E-state index in [0.29, 0.717) is 13.0 Å². The zero-order chi connectivity index (χ0) is 13.0. The molecule has 0 spiro atoms. The van der Waals surface area contributed by atoms with Crippen LogP contribution in [0.4, 0.5) is 0 Å². The van der Waals surface area contributed by atoms with Crippen molar-refractivity contribution < 1.29 is 4.79 Å². The number of nitrogens with zero attached hydrogens (tertiary/aromatic N) is 2. The molecule has 1 aromatic heterocycles. The third-order valence-electron chi connectivity index (χ3n) is 3.07. The number of benzene rings is 1. The van der Waals surface area contributed by atoms with Crippen molar-refractivity contribution in [3.05, 3.63) is 30.1 Å². The first-order valence-electron chi connectivity index (χ1n) is 6.72. The van der Waals surface area contributed by atoms with Gasteiger partial charge in [0, 0.05) is 12.8 Å². The van der Waals surface area contributed by atoms with Crippen LogP contribution in [0.15, 0.2) is 24.3 Å². The molecule has 0 N–H and O–H groups in total. The Labute approximate surface area is 108 Å². The fourth-order valence-electron chi connectivity index (χ4n) is 2.25. The van der Waals surface area contributed by atoms with Gasteiger partial charge in [0.15, 0.2) is 5.78 Å². The van der Waals surface area contributed by atoms with Crippen LogP contribution in [0.2, 0.25) is 0 Å². The van der Waals surface area contributed by atoms with E-state index in [4.69, 9.17) is 0 Å². The van der Waals surface area contributed by atoms with Crippen LogP contribution in [-0.4, -0.2) is 15.3 Å². The van der Waals surface area contributed by atoms with Crippen molar-refractivity contribution in [1.82, 2.24) is 9.55 Å². The van der Waals surface area contributed by atoms with E-state index < -0.39 is 0 Å². The van der Waals surface area contributed by atoms with Crippen LogP contribution in [0.25, 0.3) is 11.0 Å². The Morgan fingerprint density at radius 1 is 1.22 bits per heavy atom. The zero-order valence-corrected chi connectivity index (χ0v) is 11.1. The Kier molecular flexibility index (Phi) is 4.13. The molecule has 0 bridgehead atoms. The number of rotatable bonds is 6. The van der Waals surface area contributed by atoms with E-state index in [1.165, 1.54) is 0 Å². The van der Waals surface area contributed by atoms with Crippen LogP contribution >= 0.6 is 0 Å². The predicted octanol–water partition coefficient (Wildman–Crippen LogP) is 3.36. The van der Waals surface area contributed by atoms with Gasteiger partial charge in [-0.2, -0.15) is 0 Å². The monoisotopic (exact) mass is 244 g/mol. The van der Waals surface area contributed by atoms with Gasteiger partial charge in [0.25, 0.3) is 0 Å². The highest BCUT2D eigenvalue weighted by Crippen LogP contribution is 2.17.